The Morgan fingerprint density at radius 1 is 1.31 bits per heavy atom. The molecule has 0 heterocycles. The first-order valence-electron chi connectivity index (χ1n) is 5.30. The van der Waals surface area contributed by atoms with Gasteiger partial charge >= 0.3 is 0 Å². The van der Waals surface area contributed by atoms with E-state index in [-0.39, 0.29) is 0 Å². The second-order valence-corrected chi connectivity index (χ2v) is 4.53. The Bertz CT molecular complexity index is 342. The predicted octanol–water partition coefficient (Wildman–Crippen LogP) is 2.63. The zero-order chi connectivity index (χ0) is 12.0. The number of ether oxygens (including phenoxy) is 2. The molecule has 1 rings (SSSR count). The van der Waals surface area contributed by atoms with Gasteiger partial charge in [0.25, 0.3) is 0 Å². The van der Waals surface area contributed by atoms with Gasteiger partial charge in [-0.25, -0.2) is 0 Å². The maximum atomic E-state index is 5.74. The number of benzene rings is 1. The lowest BCUT2D eigenvalue weighted by Gasteiger charge is -2.13. The van der Waals surface area contributed by atoms with Gasteiger partial charge in [-0.2, -0.15) is 0 Å². The topological polar surface area (TPSA) is 44.5 Å². The lowest BCUT2D eigenvalue weighted by molar-refractivity contribution is 0.171. The van der Waals surface area contributed by atoms with Crippen molar-refractivity contribution in [2.24, 2.45) is 5.73 Å². The van der Waals surface area contributed by atoms with Crippen LogP contribution in [0.25, 0.3) is 0 Å². The van der Waals surface area contributed by atoms with Crippen molar-refractivity contribution in [3.63, 3.8) is 0 Å². The third-order valence-electron chi connectivity index (χ3n) is 2.28. The van der Waals surface area contributed by atoms with Crippen molar-refractivity contribution in [3.05, 3.63) is 27.7 Å². The summed E-state index contributed by atoms with van der Waals surface area (Å²) in [4.78, 5) is 0. The van der Waals surface area contributed by atoms with E-state index in [1.54, 1.807) is 7.11 Å². The van der Waals surface area contributed by atoms with Crippen LogP contribution < -0.4 is 10.5 Å². The van der Waals surface area contributed by atoms with Crippen LogP contribution in [-0.4, -0.2) is 20.3 Å². The highest BCUT2D eigenvalue weighted by molar-refractivity contribution is 9.10. The summed E-state index contributed by atoms with van der Waals surface area (Å²) < 4.78 is 11.7. The molecule has 0 aromatic heterocycles. The molecule has 4 heteroatoms. The van der Waals surface area contributed by atoms with E-state index in [2.05, 4.69) is 15.9 Å². The molecule has 0 saturated carbocycles. The van der Waals surface area contributed by atoms with Crippen molar-refractivity contribution in [2.75, 3.05) is 20.3 Å². The quantitative estimate of drug-likeness (QED) is 0.818. The summed E-state index contributed by atoms with van der Waals surface area (Å²) in [5.41, 5.74) is 7.83. The maximum absolute atomic E-state index is 5.74. The highest BCUT2D eigenvalue weighted by Gasteiger charge is 2.07. The molecular weight excluding hydrogens is 270 g/mol. The minimum Gasteiger partial charge on any atom is -0.493 e. The van der Waals surface area contributed by atoms with Gasteiger partial charge < -0.3 is 15.2 Å². The smallest absolute Gasteiger partial charge is 0.126 e. The number of halogens is 1. The lowest BCUT2D eigenvalue weighted by atomic mass is 10.1. The molecule has 0 aliphatic heterocycles. The van der Waals surface area contributed by atoms with Gasteiger partial charge in [0.2, 0.25) is 0 Å². The fourth-order valence-electron chi connectivity index (χ4n) is 1.53. The number of methoxy groups -OCH3 is 1. The Kier molecular flexibility index (Phi) is 5.80. The molecule has 90 valence electrons. The van der Waals surface area contributed by atoms with Gasteiger partial charge in [0.05, 0.1) is 6.61 Å². The Labute approximate surface area is 105 Å². The van der Waals surface area contributed by atoms with Crippen LogP contribution in [0.5, 0.6) is 5.75 Å². The summed E-state index contributed by atoms with van der Waals surface area (Å²) in [5, 5.41) is 0. The average molecular weight is 288 g/mol. The number of nitrogens with two attached hydrogens (primary N) is 1. The molecule has 0 atom stereocenters. The third-order valence-corrected chi connectivity index (χ3v) is 2.73. The number of rotatable bonds is 6. The average Bonchev–Trinajstić information content (AvgIpc) is 2.26. The molecule has 16 heavy (non-hydrogen) atoms. The monoisotopic (exact) mass is 287 g/mol. The first-order chi connectivity index (χ1) is 7.69. The fraction of sp³-hybridized carbons (Fsp3) is 0.500. The largest absolute Gasteiger partial charge is 0.493 e. The Balaban J connectivity index is 2.70. The van der Waals surface area contributed by atoms with E-state index < -0.39 is 0 Å². The van der Waals surface area contributed by atoms with Crippen LogP contribution >= 0.6 is 15.9 Å². The molecule has 0 unspecified atom stereocenters. The third kappa shape index (κ3) is 3.77. The van der Waals surface area contributed by atoms with Crippen molar-refractivity contribution >= 4 is 15.9 Å². The second kappa shape index (κ2) is 6.89. The normalized spacial score (nSPS) is 10.5. The van der Waals surface area contributed by atoms with Crippen molar-refractivity contribution in [1.29, 1.82) is 0 Å². The van der Waals surface area contributed by atoms with E-state index >= 15 is 0 Å². The van der Waals surface area contributed by atoms with Gasteiger partial charge in [-0.15, -0.1) is 0 Å². The van der Waals surface area contributed by atoms with Crippen LogP contribution in [-0.2, 0) is 11.3 Å². The SMILES string of the molecule is COCCCOc1c(C)cc(Br)cc1CN. The summed E-state index contributed by atoms with van der Waals surface area (Å²) in [6.45, 7) is 3.88. The maximum Gasteiger partial charge on any atom is 0.126 e. The lowest BCUT2D eigenvalue weighted by Crippen LogP contribution is -2.07. The van der Waals surface area contributed by atoms with E-state index in [9.17, 15) is 0 Å². The van der Waals surface area contributed by atoms with E-state index in [1.165, 1.54) is 0 Å². The van der Waals surface area contributed by atoms with Gasteiger partial charge in [0, 0.05) is 36.7 Å². The van der Waals surface area contributed by atoms with Crippen LogP contribution in [0.4, 0.5) is 0 Å². The highest BCUT2D eigenvalue weighted by atomic mass is 79.9. The van der Waals surface area contributed by atoms with Crippen molar-refractivity contribution in [1.82, 2.24) is 0 Å². The molecular formula is C12H18BrNO2. The molecule has 2 N–H and O–H groups in total. The van der Waals surface area contributed by atoms with Gasteiger partial charge in [-0.05, 0) is 24.6 Å². The van der Waals surface area contributed by atoms with Crippen LogP contribution in [0.3, 0.4) is 0 Å². The Morgan fingerprint density at radius 3 is 2.69 bits per heavy atom. The van der Waals surface area contributed by atoms with Gasteiger partial charge in [-0.1, -0.05) is 15.9 Å². The minimum absolute atomic E-state index is 0.486. The second-order valence-electron chi connectivity index (χ2n) is 3.61. The van der Waals surface area contributed by atoms with Crippen LogP contribution in [0.1, 0.15) is 17.5 Å². The van der Waals surface area contributed by atoms with Crippen LogP contribution in [0.2, 0.25) is 0 Å². The summed E-state index contributed by atoms with van der Waals surface area (Å²) in [7, 11) is 1.69. The standard InChI is InChI=1S/C12H18BrNO2/c1-9-6-11(13)7-10(8-14)12(9)16-5-3-4-15-2/h6-7H,3-5,8,14H2,1-2H3. The van der Waals surface area contributed by atoms with E-state index in [0.717, 1.165) is 27.8 Å². The van der Waals surface area contributed by atoms with Crippen molar-refractivity contribution in [3.8, 4) is 5.75 Å². The summed E-state index contributed by atoms with van der Waals surface area (Å²) in [6.07, 6.45) is 0.885. The molecule has 1 aromatic rings. The van der Waals surface area contributed by atoms with Crippen LogP contribution in [0, 0.1) is 6.92 Å². The van der Waals surface area contributed by atoms with E-state index in [0.29, 0.717) is 19.8 Å². The Hall–Kier alpha value is -0.580. The predicted molar refractivity (Wildman–Crippen MR) is 68.8 cm³/mol. The minimum atomic E-state index is 0.486. The molecule has 1 aromatic carbocycles. The molecule has 3 nitrogen and oxygen atoms in total. The summed E-state index contributed by atoms with van der Waals surface area (Å²) >= 11 is 3.45. The first-order valence-corrected chi connectivity index (χ1v) is 6.09. The molecule has 0 amide bonds. The molecule has 0 spiro atoms. The van der Waals surface area contributed by atoms with Crippen molar-refractivity contribution in [2.45, 2.75) is 19.9 Å². The first kappa shape index (κ1) is 13.5. The van der Waals surface area contributed by atoms with Gasteiger partial charge in [0.1, 0.15) is 5.75 Å². The summed E-state index contributed by atoms with van der Waals surface area (Å²) in [5.74, 6) is 0.904. The van der Waals surface area contributed by atoms with E-state index in [1.807, 2.05) is 19.1 Å². The van der Waals surface area contributed by atoms with Gasteiger partial charge in [0.15, 0.2) is 0 Å². The van der Waals surface area contributed by atoms with Gasteiger partial charge in [-0.3, -0.25) is 0 Å². The Morgan fingerprint density at radius 2 is 2.06 bits per heavy atom. The van der Waals surface area contributed by atoms with E-state index in [4.69, 9.17) is 15.2 Å². The molecule has 0 saturated heterocycles. The summed E-state index contributed by atoms with van der Waals surface area (Å²) in [6, 6.07) is 4.03. The number of aryl methyl sites for hydroxylation is 1. The van der Waals surface area contributed by atoms with Crippen molar-refractivity contribution < 1.29 is 9.47 Å². The zero-order valence-electron chi connectivity index (χ0n) is 9.75. The molecule has 0 fully saturated rings. The molecule has 0 radical (unpaired) electrons. The molecule has 0 aliphatic carbocycles. The number of hydrogen-bond donors (Lipinski definition) is 1. The zero-order valence-corrected chi connectivity index (χ0v) is 11.3. The number of hydrogen-bond acceptors (Lipinski definition) is 3. The highest BCUT2D eigenvalue weighted by Crippen LogP contribution is 2.27. The molecule has 0 bridgehead atoms. The molecule has 0 aliphatic rings. The van der Waals surface area contributed by atoms with Crippen LogP contribution in [0.15, 0.2) is 16.6 Å². The fourth-order valence-corrected chi connectivity index (χ4v) is 2.15.